The van der Waals surface area contributed by atoms with Crippen molar-refractivity contribution < 1.29 is 14.1 Å². The molecule has 10 heteroatoms. The summed E-state index contributed by atoms with van der Waals surface area (Å²) >= 11 is 6.12. The van der Waals surface area contributed by atoms with E-state index in [9.17, 15) is 9.59 Å². The van der Waals surface area contributed by atoms with Crippen molar-refractivity contribution in [3.8, 4) is 11.6 Å². The third-order valence-corrected chi connectivity index (χ3v) is 3.97. The average Bonchev–Trinajstić information content (AvgIpc) is 3.06. The number of carbonyl (C=O) groups excluding carboxylic acids is 2. The van der Waals surface area contributed by atoms with Crippen molar-refractivity contribution in [1.82, 2.24) is 30.3 Å². The zero-order valence-corrected chi connectivity index (χ0v) is 15.0. The maximum absolute atomic E-state index is 12.2. The van der Waals surface area contributed by atoms with Crippen LogP contribution in [-0.4, -0.2) is 42.5 Å². The summed E-state index contributed by atoms with van der Waals surface area (Å²) in [5.41, 5.74) is -0.636. The molecule has 0 bridgehead atoms. The minimum atomic E-state index is -0.953. The molecule has 25 heavy (non-hydrogen) atoms. The highest BCUT2D eigenvalue weighted by molar-refractivity contribution is 6.32. The molecule has 3 amide bonds. The SMILES string of the molecule is CC(C)c1ncc(Cl)c(-c2nc(CN3C(=O)NC(C)(C)C3=O)no2)n1. The molecule has 2 aromatic heterocycles. The highest BCUT2D eigenvalue weighted by Crippen LogP contribution is 2.26. The molecule has 0 atom stereocenters. The smallest absolute Gasteiger partial charge is 0.325 e. The maximum Gasteiger partial charge on any atom is 0.325 e. The zero-order valence-electron chi connectivity index (χ0n) is 14.2. The summed E-state index contributed by atoms with van der Waals surface area (Å²) in [5, 5.41) is 6.67. The van der Waals surface area contributed by atoms with Crippen LogP contribution in [-0.2, 0) is 11.3 Å². The lowest BCUT2D eigenvalue weighted by molar-refractivity contribution is -0.130. The van der Waals surface area contributed by atoms with Gasteiger partial charge in [-0.05, 0) is 13.8 Å². The van der Waals surface area contributed by atoms with E-state index in [1.165, 1.54) is 6.20 Å². The fourth-order valence-corrected chi connectivity index (χ4v) is 2.50. The number of nitrogens with one attached hydrogen (secondary N) is 1. The van der Waals surface area contributed by atoms with Crippen LogP contribution in [0, 0.1) is 0 Å². The Bertz CT molecular complexity index is 848. The number of imide groups is 1. The predicted octanol–water partition coefficient (Wildman–Crippen LogP) is 2.13. The molecule has 9 nitrogen and oxygen atoms in total. The summed E-state index contributed by atoms with van der Waals surface area (Å²) in [4.78, 5) is 37.9. The van der Waals surface area contributed by atoms with Gasteiger partial charge in [-0.2, -0.15) is 4.98 Å². The molecule has 1 aliphatic rings. The largest absolute Gasteiger partial charge is 0.332 e. The van der Waals surface area contributed by atoms with E-state index >= 15 is 0 Å². The predicted molar refractivity (Wildman–Crippen MR) is 87.6 cm³/mol. The molecule has 0 spiro atoms. The van der Waals surface area contributed by atoms with Crippen molar-refractivity contribution >= 4 is 23.5 Å². The van der Waals surface area contributed by atoms with Crippen LogP contribution < -0.4 is 5.32 Å². The minimum absolute atomic E-state index is 0.0999. The van der Waals surface area contributed by atoms with Crippen molar-refractivity contribution in [2.75, 3.05) is 0 Å². The lowest BCUT2D eigenvalue weighted by Gasteiger charge is -2.14. The van der Waals surface area contributed by atoms with Crippen LogP contribution in [0.25, 0.3) is 11.6 Å². The van der Waals surface area contributed by atoms with Crippen LogP contribution in [0.15, 0.2) is 10.7 Å². The Labute approximate surface area is 148 Å². The van der Waals surface area contributed by atoms with E-state index in [0.717, 1.165) is 4.90 Å². The Morgan fingerprint density at radius 2 is 2.04 bits per heavy atom. The van der Waals surface area contributed by atoms with Gasteiger partial charge in [0.2, 0.25) is 0 Å². The Kier molecular flexibility index (Phi) is 4.19. The second kappa shape index (κ2) is 6.07. The van der Waals surface area contributed by atoms with Gasteiger partial charge in [-0.25, -0.2) is 14.8 Å². The second-order valence-corrected chi connectivity index (χ2v) is 6.95. The van der Waals surface area contributed by atoms with Gasteiger partial charge in [0.05, 0.1) is 17.8 Å². The average molecular weight is 365 g/mol. The molecule has 1 saturated heterocycles. The van der Waals surface area contributed by atoms with Crippen molar-refractivity contribution in [2.24, 2.45) is 0 Å². The first-order chi connectivity index (χ1) is 11.7. The normalized spacial score (nSPS) is 16.6. The summed E-state index contributed by atoms with van der Waals surface area (Å²) in [5.74, 6) is 0.625. The Morgan fingerprint density at radius 1 is 1.32 bits per heavy atom. The van der Waals surface area contributed by atoms with Crippen molar-refractivity contribution in [1.29, 1.82) is 0 Å². The second-order valence-electron chi connectivity index (χ2n) is 6.54. The van der Waals surface area contributed by atoms with Crippen LogP contribution in [0.4, 0.5) is 4.79 Å². The number of rotatable bonds is 4. The Balaban J connectivity index is 1.85. The number of halogens is 1. The summed E-state index contributed by atoms with van der Waals surface area (Å²) in [6, 6.07) is -0.497. The molecule has 3 heterocycles. The Hall–Kier alpha value is -2.55. The number of urea groups is 1. The van der Waals surface area contributed by atoms with Gasteiger partial charge in [0, 0.05) is 5.92 Å². The molecular formula is C15H17ClN6O3. The molecule has 0 aromatic carbocycles. The number of hydrogen-bond acceptors (Lipinski definition) is 7. The molecular weight excluding hydrogens is 348 g/mol. The molecule has 1 aliphatic heterocycles. The van der Waals surface area contributed by atoms with Gasteiger partial charge in [-0.3, -0.25) is 9.69 Å². The first-order valence-electron chi connectivity index (χ1n) is 7.68. The van der Waals surface area contributed by atoms with E-state index in [-0.39, 0.29) is 35.1 Å². The van der Waals surface area contributed by atoms with E-state index in [4.69, 9.17) is 16.1 Å². The number of aromatic nitrogens is 4. The zero-order chi connectivity index (χ0) is 18.4. The Morgan fingerprint density at radius 3 is 2.64 bits per heavy atom. The highest BCUT2D eigenvalue weighted by Gasteiger charge is 2.44. The number of carbonyl (C=O) groups is 2. The fraction of sp³-hybridized carbons (Fsp3) is 0.467. The van der Waals surface area contributed by atoms with Crippen molar-refractivity contribution in [3.05, 3.63) is 22.9 Å². The monoisotopic (exact) mass is 364 g/mol. The molecule has 1 N–H and O–H groups in total. The molecule has 2 aromatic rings. The third-order valence-electron chi connectivity index (χ3n) is 3.69. The van der Waals surface area contributed by atoms with E-state index in [2.05, 4.69) is 25.4 Å². The first-order valence-corrected chi connectivity index (χ1v) is 8.06. The van der Waals surface area contributed by atoms with Crippen molar-refractivity contribution in [3.63, 3.8) is 0 Å². The van der Waals surface area contributed by atoms with Gasteiger partial charge in [0.15, 0.2) is 11.5 Å². The van der Waals surface area contributed by atoms with Gasteiger partial charge < -0.3 is 9.84 Å². The van der Waals surface area contributed by atoms with Crippen LogP contribution in [0.2, 0.25) is 5.02 Å². The summed E-state index contributed by atoms with van der Waals surface area (Å²) < 4.78 is 5.19. The van der Waals surface area contributed by atoms with Gasteiger partial charge in [0.25, 0.3) is 11.8 Å². The summed E-state index contributed by atoms with van der Waals surface area (Å²) in [7, 11) is 0. The quantitative estimate of drug-likeness (QED) is 0.826. The van der Waals surface area contributed by atoms with Gasteiger partial charge in [-0.15, -0.1) is 0 Å². The summed E-state index contributed by atoms with van der Waals surface area (Å²) in [6.45, 7) is 7.06. The molecule has 0 saturated carbocycles. The lowest BCUT2D eigenvalue weighted by Crippen LogP contribution is -2.40. The van der Waals surface area contributed by atoms with E-state index in [1.54, 1.807) is 13.8 Å². The van der Waals surface area contributed by atoms with E-state index in [1.807, 2.05) is 13.8 Å². The first kappa shape index (κ1) is 17.3. The van der Waals surface area contributed by atoms with Crippen LogP contribution >= 0.6 is 11.6 Å². The molecule has 0 unspecified atom stereocenters. The van der Waals surface area contributed by atoms with Crippen LogP contribution in [0.1, 0.15) is 45.3 Å². The van der Waals surface area contributed by atoms with Gasteiger partial charge in [0.1, 0.15) is 11.4 Å². The highest BCUT2D eigenvalue weighted by atomic mass is 35.5. The third kappa shape index (κ3) is 3.19. The van der Waals surface area contributed by atoms with Crippen molar-refractivity contribution in [2.45, 2.75) is 45.7 Å². The molecule has 0 aliphatic carbocycles. The molecule has 0 radical (unpaired) electrons. The van der Waals surface area contributed by atoms with Gasteiger partial charge in [-0.1, -0.05) is 30.6 Å². The molecule has 1 fully saturated rings. The number of hydrogen-bond donors (Lipinski definition) is 1. The number of nitrogens with zero attached hydrogens (tertiary/aromatic N) is 5. The molecule has 3 rings (SSSR count). The van der Waals surface area contributed by atoms with E-state index in [0.29, 0.717) is 11.5 Å². The van der Waals surface area contributed by atoms with E-state index < -0.39 is 11.6 Å². The molecule has 132 valence electrons. The maximum atomic E-state index is 12.2. The fourth-order valence-electron chi connectivity index (χ4n) is 2.33. The number of amides is 3. The van der Waals surface area contributed by atoms with Gasteiger partial charge >= 0.3 is 6.03 Å². The van der Waals surface area contributed by atoms with Crippen LogP contribution in [0.3, 0.4) is 0 Å². The lowest BCUT2D eigenvalue weighted by atomic mass is 10.1. The topological polar surface area (TPSA) is 114 Å². The summed E-state index contributed by atoms with van der Waals surface area (Å²) in [6.07, 6.45) is 1.48. The van der Waals surface area contributed by atoms with Crippen LogP contribution in [0.5, 0.6) is 0 Å². The minimum Gasteiger partial charge on any atom is -0.332 e. The standard InChI is InChI=1S/C15H17ClN6O3/c1-7(2)11-17-5-8(16)10(19-11)12-18-9(21-25-12)6-22-13(23)15(3,4)20-14(22)24/h5,7H,6H2,1-4H3,(H,20,24).